The van der Waals surface area contributed by atoms with E-state index in [1.807, 2.05) is 27.7 Å². The van der Waals surface area contributed by atoms with Crippen LogP contribution in [-0.4, -0.2) is 43.4 Å². The zero-order chi connectivity index (χ0) is 32.4. The Labute approximate surface area is 286 Å². The zero-order valence-electron chi connectivity index (χ0n) is 26.8. The minimum atomic E-state index is -0.874. The van der Waals surface area contributed by atoms with E-state index in [-0.39, 0.29) is 34.8 Å². The highest BCUT2D eigenvalue weighted by molar-refractivity contribution is 8.18. The third kappa shape index (κ3) is 3.96. The minimum Gasteiger partial charge on any atom is -0.504 e. The van der Waals surface area contributed by atoms with Gasteiger partial charge in [-0.1, -0.05) is 86.9 Å². The molecule has 6 nitrogen and oxygen atoms in total. The van der Waals surface area contributed by atoms with Gasteiger partial charge in [0.05, 0.1) is 11.1 Å². The van der Waals surface area contributed by atoms with Gasteiger partial charge in [0.1, 0.15) is 11.5 Å². The highest BCUT2D eigenvalue weighted by Gasteiger charge is 2.52. The first-order chi connectivity index (χ1) is 21.9. The van der Waals surface area contributed by atoms with Gasteiger partial charge >= 0.3 is 0 Å². The maximum Gasteiger partial charge on any atom is 0.232 e. The van der Waals surface area contributed by atoms with E-state index < -0.39 is 8.53 Å². The van der Waals surface area contributed by atoms with Crippen molar-refractivity contribution in [1.29, 1.82) is 0 Å². The van der Waals surface area contributed by atoms with Crippen LogP contribution in [0.3, 0.4) is 0 Å². The van der Waals surface area contributed by atoms with Gasteiger partial charge in [-0.05, 0) is 83.4 Å². The molecule has 10 heteroatoms. The summed E-state index contributed by atoms with van der Waals surface area (Å²) >= 11 is 6.70. The number of rotatable bonds is 3. The minimum absolute atomic E-state index is 0.0301. The molecule has 0 saturated carbocycles. The van der Waals surface area contributed by atoms with E-state index in [2.05, 4.69) is 26.0 Å². The van der Waals surface area contributed by atoms with Crippen LogP contribution in [0.1, 0.15) is 85.8 Å². The maximum absolute atomic E-state index is 11.7. The van der Waals surface area contributed by atoms with Crippen molar-refractivity contribution in [1.82, 2.24) is 0 Å². The Bertz CT molecular complexity index is 1850. The molecule has 8 rings (SSSR count). The molecule has 2 saturated heterocycles. The molecular weight excluding hydrogens is 657 g/mol. The number of thioether (sulfide) groups is 4. The summed E-state index contributed by atoms with van der Waals surface area (Å²) in [6.45, 7) is 12.3. The molecule has 2 spiro atoms. The number of benzene rings is 4. The van der Waals surface area contributed by atoms with Gasteiger partial charge in [-0.3, -0.25) is 0 Å². The molecule has 4 aliphatic rings. The van der Waals surface area contributed by atoms with Gasteiger partial charge in [-0.2, -0.15) is 0 Å². The highest BCUT2D eigenvalue weighted by Crippen LogP contribution is 2.69. The molecule has 0 atom stereocenters. The average Bonchev–Trinajstić information content (AvgIpc) is 3.49. The normalized spacial score (nSPS) is 19.2. The highest BCUT2D eigenvalue weighted by atomic mass is 32.2. The molecule has 4 aromatic rings. The van der Waals surface area contributed by atoms with Gasteiger partial charge in [0.25, 0.3) is 0 Å². The number of phenolic OH excluding ortho intramolecular Hbond substituents is 4. The first-order valence-corrected chi connectivity index (χ1v) is 19.9. The molecule has 0 amide bonds. The third-order valence-electron chi connectivity index (χ3n) is 9.71. The third-order valence-corrected chi connectivity index (χ3v) is 15.8. The largest absolute Gasteiger partial charge is 0.504 e. The summed E-state index contributed by atoms with van der Waals surface area (Å²) in [4.78, 5) is 0. The number of hydrogen-bond donors (Lipinski definition) is 4. The second-order valence-corrected chi connectivity index (χ2v) is 18.9. The number of fused-ring (bicyclic) bond motifs is 2. The van der Waals surface area contributed by atoms with Crippen LogP contribution in [0.15, 0.2) is 12.1 Å². The molecule has 4 heterocycles. The molecule has 0 radical (unpaired) electrons. The quantitative estimate of drug-likeness (QED) is 0.155. The molecule has 0 bridgehead atoms. The van der Waals surface area contributed by atoms with Crippen molar-refractivity contribution in [2.45, 2.75) is 74.8 Å². The predicted molar refractivity (Wildman–Crippen MR) is 195 cm³/mol. The van der Waals surface area contributed by atoms with E-state index in [4.69, 9.17) is 9.47 Å². The number of phenols is 4. The zero-order valence-corrected chi connectivity index (χ0v) is 30.1. The molecule has 0 unspecified atom stereocenters. The number of hydrogen-bond acceptors (Lipinski definition) is 10. The Hall–Kier alpha value is -2.40. The van der Waals surface area contributed by atoms with Crippen molar-refractivity contribution in [2.24, 2.45) is 0 Å². The molecule has 0 aliphatic carbocycles. The van der Waals surface area contributed by atoms with E-state index in [0.29, 0.717) is 33.8 Å². The predicted octanol–water partition coefficient (Wildman–Crippen LogP) is 10.1. The summed E-state index contributed by atoms with van der Waals surface area (Å²) in [6.07, 6.45) is 2.08. The standard InChI is InChI=1S/C36H38O6S4/c1-15(2)21-19-13-17(5)23(33-25(19)27(31(39)29(21)37)35(41-33)43-9-7-10-44-35)24-18(6)14-20-22(16(3)4)30(38)32(40)28-26(20)34(24)42-36(28)45-11-8-12-46-36/h13-16,37-40H,7-12H2,1-6H3. The second kappa shape index (κ2) is 10.5. The van der Waals surface area contributed by atoms with Crippen LogP contribution in [0, 0.1) is 13.8 Å². The van der Waals surface area contributed by atoms with Gasteiger partial charge in [0.15, 0.2) is 23.0 Å². The van der Waals surface area contributed by atoms with E-state index in [1.165, 1.54) is 0 Å². The van der Waals surface area contributed by atoms with E-state index in [9.17, 15) is 20.4 Å². The monoisotopic (exact) mass is 694 g/mol. The van der Waals surface area contributed by atoms with Crippen LogP contribution in [0.4, 0.5) is 0 Å². The first kappa shape index (κ1) is 30.9. The van der Waals surface area contributed by atoms with E-state index in [0.717, 1.165) is 79.7 Å². The van der Waals surface area contributed by atoms with Crippen molar-refractivity contribution in [2.75, 3.05) is 23.0 Å². The first-order valence-electron chi connectivity index (χ1n) is 16.0. The van der Waals surface area contributed by atoms with Crippen molar-refractivity contribution in [3.63, 3.8) is 0 Å². The van der Waals surface area contributed by atoms with Crippen LogP contribution in [0.2, 0.25) is 0 Å². The number of ether oxygens (including phenoxy) is 2. The lowest BCUT2D eigenvalue weighted by Crippen LogP contribution is -2.26. The fourth-order valence-electron chi connectivity index (χ4n) is 7.87. The SMILES string of the molecule is Cc1cc2c(C(C)C)c(O)c(O)c3c2c(c1-c1c(C)cc2c(C(C)C)c(O)c(O)c4c2c1OC41SCCCS1)OC31SCCCS1. The molecular formula is C36H38O6S4. The topological polar surface area (TPSA) is 99.4 Å². The fourth-order valence-corrected chi connectivity index (χ4v) is 14.1. The van der Waals surface area contributed by atoms with Crippen LogP contribution < -0.4 is 9.47 Å². The Kier molecular flexibility index (Phi) is 7.09. The summed E-state index contributed by atoms with van der Waals surface area (Å²) < 4.78 is 12.5. The molecule has 4 aromatic carbocycles. The molecule has 242 valence electrons. The summed E-state index contributed by atoms with van der Waals surface area (Å²) in [5.74, 6) is 4.55. The molecule has 2 fully saturated rings. The van der Waals surface area contributed by atoms with Gasteiger partial charge < -0.3 is 29.9 Å². The maximum atomic E-state index is 11.7. The van der Waals surface area contributed by atoms with Crippen molar-refractivity contribution in [3.05, 3.63) is 45.5 Å². The Balaban J connectivity index is 1.51. The molecule has 4 aliphatic heterocycles. The Morgan fingerprint density at radius 3 is 1.26 bits per heavy atom. The van der Waals surface area contributed by atoms with Crippen molar-refractivity contribution >= 4 is 68.6 Å². The van der Waals surface area contributed by atoms with Gasteiger partial charge in [0, 0.05) is 33.0 Å². The number of aryl methyl sites for hydroxylation is 2. The summed E-state index contributed by atoms with van der Waals surface area (Å²) in [7, 11) is 0. The Morgan fingerprint density at radius 1 is 0.587 bits per heavy atom. The van der Waals surface area contributed by atoms with E-state index >= 15 is 0 Å². The lowest BCUT2D eigenvalue weighted by Gasteiger charge is -2.33. The smallest absolute Gasteiger partial charge is 0.232 e. The van der Waals surface area contributed by atoms with Crippen molar-refractivity contribution < 1.29 is 29.9 Å². The van der Waals surface area contributed by atoms with Crippen LogP contribution in [-0.2, 0) is 8.53 Å². The number of aromatic hydroxyl groups is 4. The molecule has 46 heavy (non-hydrogen) atoms. The molecule has 4 N–H and O–H groups in total. The van der Waals surface area contributed by atoms with E-state index in [1.54, 1.807) is 47.0 Å². The van der Waals surface area contributed by atoms with Gasteiger partial charge in [0.2, 0.25) is 8.53 Å². The average molecular weight is 695 g/mol. The van der Waals surface area contributed by atoms with Crippen molar-refractivity contribution in [3.8, 4) is 45.6 Å². The summed E-state index contributed by atoms with van der Waals surface area (Å²) in [5.41, 5.74) is 6.48. The lowest BCUT2D eigenvalue weighted by atomic mass is 9.84. The van der Waals surface area contributed by atoms with Gasteiger partial charge in [-0.15, -0.1) is 0 Å². The summed E-state index contributed by atoms with van der Waals surface area (Å²) in [6, 6.07) is 4.26. The van der Waals surface area contributed by atoms with Gasteiger partial charge in [-0.25, -0.2) is 0 Å². The van der Waals surface area contributed by atoms with Crippen LogP contribution in [0.5, 0.6) is 34.5 Å². The Morgan fingerprint density at radius 2 is 0.935 bits per heavy atom. The fraction of sp³-hybridized carbons (Fsp3) is 0.444. The summed E-state index contributed by atoms with van der Waals surface area (Å²) in [5, 5.41) is 49.7. The lowest BCUT2D eigenvalue weighted by molar-refractivity contribution is 0.270. The molecule has 0 aromatic heterocycles. The second-order valence-electron chi connectivity index (χ2n) is 13.3. The van der Waals surface area contributed by atoms with Crippen LogP contribution >= 0.6 is 47.0 Å². The van der Waals surface area contributed by atoms with Crippen LogP contribution in [0.25, 0.3) is 32.7 Å².